The maximum atomic E-state index is 12.4. The van der Waals surface area contributed by atoms with Crippen LogP contribution in [-0.2, 0) is 4.79 Å². The Labute approximate surface area is 130 Å². The van der Waals surface area contributed by atoms with Gasteiger partial charge in [0, 0.05) is 0 Å². The third-order valence-corrected chi connectivity index (χ3v) is 3.89. The average Bonchev–Trinajstić information content (AvgIpc) is 3.04. The third kappa shape index (κ3) is 2.25. The van der Waals surface area contributed by atoms with E-state index in [1.54, 1.807) is 12.1 Å². The molecule has 1 aliphatic heterocycles. The molecule has 0 fully saturated rings. The van der Waals surface area contributed by atoms with E-state index in [0.29, 0.717) is 22.7 Å². The highest BCUT2D eigenvalue weighted by molar-refractivity contribution is 7.00. The molecule has 1 aliphatic rings. The summed E-state index contributed by atoms with van der Waals surface area (Å²) >= 11 is 1.11. The summed E-state index contributed by atoms with van der Waals surface area (Å²) < 4.78 is 19.6. The van der Waals surface area contributed by atoms with Gasteiger partial charge >= 0.3 is 0 Å². The lowest BCUT2D eigenvalue weighted by atomic mass is 10.2. The highest BCUT2D eigenvalue weighted by Gasteiger charge is 2.27. The number of benzene rings is 2. The number of hydrogen-bond donors (Lipinski definition) is 1. The molecule has 0 spiro atoms. The molecule has 0 bridgehead atoms. The number of rotatable bonds is 2. The van der Waals surface area contributed by atoms with Gasteiger partial charge in [-0.3, -0.25) is 4.79 Å². The van der Waals surface area contributed by atoms with Crippen molar-refractivity contribution in [1.82, 2.24) is 8.75 Å². The number of hydrogen-bond acceptors (Lipinski definition) is 6. The Hall–Kier alpha value is -2.67. The predicted octanol–water partition coefficient (Wildman–Crippen LogP) is 2.47. The summed E-state index contributed by atoms with van der Waals surface area (Å²) in [4.78, 5) is 12.4. The van der Waals surface area contributed by atoms with Gasteiger partial charge in [0.05, 0.1) is 17.4 Å². The zero-order chi connectivity index (χ0) is 14.9. The van der Waals surface area contributed by atoms with Crippen molar-refractivity contribution in [2.24, 2.45) is 0 Å². The predicted molar refractivity (Wildman–Crippen MR) is 82.4 cm³/mol. The summed E-state index contributed by atoms with van der Waals surface area (Å²) in [5, 5.41) is 2.83. The van der Waals surface area contributed by atoms with Gasteiger partial charge in [0.1, 0.15) is 17.6 Å². The van der Waals surface area contributed by atoms with Crippen molar-refractivity contribution in [3.63, 3.8) is 0 Å². The number of ether oxygens (including phenoxy) is 2. The van der Waals surface area contributed by atoms with E-state index in [1.165, 1.54) is 0 Å². The minimum absolute atomic E-state index is 0.175. The summed E-state index contributed by atoms with van der Waals surface area (Å²) in [6, 6.07) is 12.8. The highest BCUT2D eigenvalue weighted by Crippen LogP contribution is 2.31. The van der Waals surface area contributed by atoms with Gasteiger partial charge in [-0.25, -0.2) is 0 Å². The van der Waals surface area contributed by atoms with E-state index in [0.717, 1.165) is 17.2 Å². The Kier molecular flexibility index (Phi) is 3.12. The molecule has 1 N–H and O–H groups in total. The smallest absolute Gasteiger partial charge is 0.269 e. The Morgan fingerprint density at radius 3 is 2.91 bits per heavy atom. The number of fused-ring (bicyclic) bond motifs is 2. The van der Waals surface area contributed by atoms with Crippen molar-refractivity contribution in [2.75, 3.05) is 11.9 Å². The van der Waals surface area contributed by atoms with E-state index in [1.807, 2.05) is 30.3 Å². The summed E-state index contributed by atoms with van der Waals surface area (Å²) in [5.74, 6) is 0.954. The second-order valence-electron chi connectivity index (χ2n) is 4.79. The molecule has 2 heterocycles. The van der Waals surface area contributed by atoms with Crippen LogP contribution in [0.2, 0.25) is 0 Å². The average molecular weight is 313 g/mol. The number of carbonyl (C=O) groups is 1. The van der Waals surface area contributed by atoms with Crippen LogP contribution < -0.4 is 14.8 Å². The lowest BCUT2D eigenvalue weighted by molar-refractivity contribution is -0.125. The molecule has 1 unspecified atom stereocenters. The first-order valence-electron chi connectivity index (χ1n) is 6.72. The number of nitrogens with one attached hydrogen (secondary N) is 1. The van der Waals surface area contributed by atoms with Crippen LogP contribution in [0.4, 0.5) is 5.69 Å². The van der Waals surface area contributed by atoms with E-state index in [-0.39, 0.29) is 12.5 Å². The van der Waals surface area contributed by atoms with E-state index in [9.17, 15) is 4.79 Å². The van der Waals surface area contributed by atoms with Crippen molar-refractivity contribution >= 4 is 34.4 Å². The third-order valence-electron chi connectivity index (χ3n) is 3.34. The summed E-state index contributed by atoms with van der Waals surface area (Å²) in [5.41, 5.74) is 2.06. The molecule has 3 aromatic rings. The molecular weight excluding hydrogens is 302 g/mol. The van der Waals surface area contributed by atoms with Crippen LogP contribution in [0.3, 0.4) is 0 Å². The quantitative estimate of drug-likeness (QED) is 0.787. The molecule has 0 saturated carbocycles. The van der Waals surface area contributed by atoms with Gasteiger partial charge < -0.3 is 14.8 Å². The summed E-state index contributed by atoms with van der Waals surface area (Å²) in [6.45, 7) is 0.175. The van der Waals surface area contributed by atoms with Gasteiger partial charge in [-0.1, -0.05) is 18.2 Å². The molecule has 0 radical (unpaired) electrons. The lowest BCUT2D eigenvalue weighted by Crippen LogP contribution is -2.40. The fourth-order valence-electron chi connectivity index (χ4n) is 2.27. The second-order valence-corrected chi connectivity index (χ2v) is 5.32. The summed E-state index contributed by atoms with van der Waals surface area (Å²) in [6.07, 6.45) is -0.697. The second kappa shape index (κ2) is 5.27. The zero-order valence-electron chi connectivity index (χ0n) is 11.4. The zero-order valence-corrected chi connectivity index (χ0v) is 12.2. The van der Waals surface area contributed by atoms with Crippen LogP contribution in [0.15, 0.2) is 42.5 Å². The van der Waals surface area contributed by atoms with Crippen LogP contribution in [0.1, 0.15) is 0 Å². The van der Waals surface area contributed by atoms with Crippen molar-refractivity contribution in [3.05, 3.63) is 42.5 Å². The minimum Gasteiger partial charge on any atom is -0.485 e. The topological polar surface area (TPSA) is 73.3 Å². The number of nitrogens with zero attached hydrogens (tertiary/aromatic N) is 2. The van der Waals surface area contributed by atoms with Crippen LogP contribution >= 0.6 is 11.7 Å². The van der Waals surface area contributed by atoms with Crippen molar-refractivity contribution in [2.45, 2.75) is 6.10 Å². The Morgan fingerprint density at radius 1 is 1.14 bits per heavy atom. The first kappa shape index (κ1) is 13.0. The first-order chi connectivity index (χ1) is 10.8. The monoisotopic (exact) mass is 313 g/mol. The molecule has 2 aromatic carbocycles. The molecule has 1 atom stereocenters. The maximum Gasteiger partial charge on any atom is 0.269 e. The van der Waals surface area contributed by atoms with Crippen molar-refractivity contribution in [3.8, 4) is 11.5 Å². The normalized spacial score (nSPS) is 16.5. The number of para-hydroxylation sites is 2. The van der Waals surface area contributed by atoms with Gasteiger partial charge in [-0.05, 0) is 24.3 Å². The highest BCUT2D eigenvalue weighted by atomic mass is 32.1. The fraction of sp³-hybridized carbons (Fsp3) is 0.133. The minimum atomic E-state index is -0.697. The summed E-state index contributed by atoms with van der Waals surface area (Å²) in [7, 11) is 0. The molecule has 22 heavy (non-hydrogen) atoms. The maximum absolute atomic E-state index is 12.4. The van der Waals surface area contributed by atoms with Gasteiger partial charge in [-0.2, -0.15) is 8.75 Å². The molecule has 6 nitrogen and oxygen atoms in total. The molecule has 4 rings (SSSR count). The van der Waals surface area contributed by atoms with E-state index in [2.05, 4.69) is 14.1 Å². The molecule has 0 aliphatic carbocycles. The molecule has 110 valence electrons. The molecule has 0 saturated heterocycles. The van der Waals surface area contributed by atoms with Gasteiger partial charge in [-0.15, -0.1) is 0 Å². The standard InChI is InChI=1S/C15H11N3O3S/c19-15(13-8-20-11-6-1-2-7-12(11)21-13)16-9-4-3-5-10-14(9)18-22-17-10/h1-7,13H,8H2,(H,16,19). The Bertz CT molecular complexity index is 849. The number of aromatic nitrogens is 2. The molecule has 7 heteroatoms. The Morgan fingerprint density at radius 2 is 2.00 bits per heavy atom. The molecule has 1 aromatic heterocycles. The van der Waals surface area contributed by atoms with Crippen molar-refractivity contribution < 1.29 is 14.3 Å². The fourth-order valence-corrected chi connectivity index (χ4v) is 2.82. The molecular formula is C15H11N3O3S. The number of amides is 1. The number of anilines is 1. The van der Waals surface area contributed by atoms with Crippen LogP contribution in [0.5, 0.6) is 11.5 Å². The van der Waals surface area contributed by atoms with Crippen LogP contribution in [0.25, 0.3) is 11.0 Å². The van der Waals surface area contributed by atoms with Gasteiger partial charge in [0.2, 0.25) is 6.10 Å². The van der Waals surface area contributed by atoms with Crippen molar-refractivity contribution in [1.29, 1.82) is 0 Å². The van der Waals surface area contributed by atoms with Gasteiger partial charge in [0.25, 0.3) is 5.91 Å². The van der Waals surface area contributed by atoms with Crippen LogP contribution in [-0.4, -0.2) is 27.4 Å². The Balaban J connectivity index is 1.55. The van der Waals surface area contributed by atoms with E-state index < -0.39 is 6.10 Å². The van der Waals surface area contributed by atoms with E-state index >= 15 is 0 Å². The SMILES string of the molecule is O=C(Nc1cccc2nsnc12)C1COc2ccccc2O1. The largest absolute Gasteiger partial charge is 0.485 e. The van der Waals surface area contributed by atoms with Crippen LogP contribution in [0, 0.1) is 0 Å². The molecule has 1 amide bonds. The first-order valence-corrected chi connectivity index (χ1v) is 7.45. The van der Waals surface area contributed by atoms with Gasteiger partial charge in [0.15, 0.2) is 11.5 Å². The number of carbonyl (C=O) groups excluding carboxylic acids is 1. The van der Waals surface area contributed by atoms with E-state index in [4.69, 9.17) is 9.47 Å². The lowest BCUT2D eigenvalue weighted by Gasteiger charge is -2.25.